The van der Waals surface area contributed by atoms with E-state index in [1.807, 2.05) is 18.7 Å². The predicted octanol–water partition coefficient (Wildman–Crippen LogP) is 3.63. The first-order valence-electron chi connectivity index (χ1n) is 10.9. The van der Waals surface area contributed by atoms with E-state index in [-0.39, 0.29) is 22.6 Å². The smallest absolute Gasteiger partial charge is 0.324 e. The quantitative estimate of drug-likeness (QED) is 0.525. The van der Waals surface area contributed by atoms with E-state index in [1.165, 1.54) is 18.5 Å². The molecular weight excluding hydrogens is 463 g/mol. The number of hydrogen-bond donors (Lipinski definition) is 1. The number of aromatic nitrogens is 4. The highest BCUT2D eigenvalue weighted by atomic mass is 32.2. The highest BCUT2D eigenvalue weighted by Crippen LogP contribution is 2.29. The van der Waals surface area contributed by atoms with Crippen molar-refractivity contribution in [2.24, 2.45) is 0 Å². The van der Waals surface area contributed by atoms with Crippen molar-refractivity contribution >= 4 is 27.4 Å². The number of hydrogen-bond acceptors (Lipinski definition) is 10. The first kappa shape index (κ1) is 23.9. The lowest BCUT2D eigenvalue weighted by molar-refractivity contribution is 0.160. The number of nitrogens with zero attached hydrogens (tertiary/aromatic N) is 5. The highest BCUT2D eigenvalue weighted by Gasteiger charge is 2.26. The average Bonchev–Trinajstić information content (AvgIpc) is 3.28. The van der Waals surface area contributed by atoms with E-state index < -0.39 is 15.7 Å². The van der Waals surface area contributed by atoms with Gasteiger partial charge in [-0.1, -0.05) is 19.0 Å². The monoisotopic (exact) mass is 490 g/mol. The largest absolute Gasteiger partial charge is 0.474 e. The van der Waals surface area contributed by atoms with E-state index >= 15 is 0 Å². The molecule has 1 aliphatic rings. The van der Waals surface area contributed by atoms with Crippen LogP contribution in [0.4, 0.5) is 21.9 Å². The zero-order chi connectivity index (χ0) is 24.5. The molecule has 34 heavy (non-hydrogen) atoms. The molecule has 0 bridgehead atoms. The van der Waals surface area contributed by atoms with Crippen LogP contribution in [-0.4, -0.2) is 54.0 Å². The summed E-state index contributed by atoms with van der Waals surface area (Å²) >= 11 is 0. The van der Waals surface area contributed by atoms with Gasteiger partial charge < -0.3 is 19.5 Å². The zero-order valence-corrected chi connectivity index (χ0v) is 20.3. The molecule has 1 fully saturated rings. The molecule has 1 aromatic carbocycles. The first-order chi connectivity index (χ1) is 16.1. The lowest BCUT2D eigenvalue weighted by Gasteiger charge is -2.30. The maximum Gasteiger partial charge on any atom is 0.324 e. The van der Waals surface area contributed by atoms with Crippen molar-refractivity contribution in [1.29, 1.82) is 0 Å². The summed E-state index contributed by atoms with van der Waals surface area (Å²) < 4.78 is 49.2. The van der Waals surface area contributed by atoms with Crippen LogP contribution in [0.25, 0.3) is 0 Å². The summed E-state index contributed by atoms with van der Waals surface area (Å²) in [6.45, 7) is 7.22. The van der Waals surface area contributed by atoms with Gasteiger partial charge in [0.25, 0.3) is 0 Å². The minimum Gasteiger partial charge on any atom is -0.474 e. The average molecular weight is 491 g/mol. The molecular formula is C22H27FN6O4S. The van der Waals surface area contributed by atoms with Crippen molar-refractivity contribution in [3.63, 3.8) is 0 Å². The van der Waals surface area contributed by atoms with Crippen molar-refractivity contribution in [1.82, 2.24) is 20.1 Å². The molecule has 4 rings (SSSR count). The van der Waals surface area contributed by atoms with Gasteiger partial charge in [-0.05, 0) is 25.1 Å². The Labute approximate surface area is 197 Å². The fourth-order valence-corrected chi connectivity index (χ4v) is 4.18. The van der Waals surface area contributed by atoms with Crippen LogP contribution in [0.3, 0.4) is 0 Å². The second-order valence-corrected chi connectivity index (χ2v) is 10.6. The van der Waals surface area contributed by atoms with Crippen LogP contribution in [-0.2, 0) is 9.84 Å². The SMILES string of the molecule is Cc1c(Nc2ccc(S(C)(=O)=O)cc2F)ncnc1OC1CCN(c2nc(C(C)C)no2)CC1. The fourth-order valence-electron chi connectivity index (χ4n) is 3.55. The van der Waals surface area contributed by atoms with Gasteiger partial charge in [-0.25, -0.2) is 22.8 Å². The van der Waals surface area contributed by atoms with Crippen LogP contribution < -0.4 is 15.0 Å². The lowest BCUT2D eigenvalue weighted by atomic mass is 10.1. The van der Waals surface area contributed by atoms with Gasteiger partial charge in [-0.2, -0.15) is 4.98 Å². The van der Waals surface area contributed by atoms with Crippen LogP contribution in [0.15, 0.2) is 33.9 Å². The lowest BCUT2D eigenvalue weighted by Crippen LogP contribution is -2.38. The summed E-state index contributed by atoms with van der Waals surface area (Å²) in [5.74, 6) is 0.974. The molecule has 3 heterocycles. The van der Waals surface area contributed by atoms with Gasteiger partial charge in [0.15, 0.2) is 15.7 Å². The Morgan fingerprint density at radius 1 is 1.24 bits per heavy atom. The number of nitrogens with one attached hydrogen (secondary N) is 1. The molecule has 0 amide bonds. The van der Waals surface area contributed by atoms with Gasteiger partial charge in [0, 0.05) is 38.1 Å². The van der Waals surface area contributed by atoms with Gasteiger partial charge >= 0.3 is 6.01 Å². The van der Waals surface area contributed by atoms with Gasteiger partial charge in [0.05, 0.1) is 16.1 Å². The number of sulfone groups is 1. The van der Waals surface area contributed by atoms with Gasteiger partial charge in [-0.3, -0.25) is 0 Å². The van der Waals surface area contributed by atoms with Crippen LogP contribution >= 0.6 is 0 Å². The van der Waals surface area contributed by atoms with Gasteiger partial charge in [0.2, 0.25) is 5.88 Å². The topological polar surface area (TPSA) is 123 Å². The van der Waals surface area contributed by atoms with Crippen molar-refractivity contribution in [3.05, 3.63) is 41.7 Å². The molecule has 0 aliphatic carbocycles. The van der Waals surface area contributed by atoms with Crippen LogP contribution in [0, 0.1) is 12.7 Å². The molecule has 12 heteroatoms. The third-order valence-electron chi connectivity index (χ3n) is 5.60. The van der Waals surface area contributed by atoms with E-state index in [0.717, 1.165) is 25.2 Å². The molecule has 182 valence electrons. The van der Waals surface area contributed by atoms with Gasteiger partial charge in [0.1, 0.15) is 24.1 Å². The Morgan fingerprint density at radius 3 is 2.59 bits per heavy atom. The fraction of sp³-hybridized carbons (Fsp3) is 0.455. The van der Waals surface area contributed by atoms with Crippen LogP contribution in [0.2, 0.25) is 0 Å². The molecule has 3 aromatic rings. The molecule has 0 spiro atoms. The molecule has 10 nitrogen and oxygen atoms in total. The first-order valence-corrected chi connectivity index (χ1v) is 12.8. The number of halogens is 1. The normalized spacial score (nSPS) is 15.1. The maximum atomic E-state index is 14.5. The standard InChI is InChI=1S/C22H27FN6O4S/c1-13(2)19-27-22(33-28-19)29-9-7-15(8-10-29)32-21-14(3)20(24-12-25-21)26-18-6-5-16(11-17(18)23)34(4,30)31/h5-6,11-13,15H,7-10H2,1-4H3,(H,24,25,26). The van der Waals surface area contributed by atoms with E-state index in [1.54, 1.807) is 6.92 Å². The third kappa shape index (κ3) is 5.27. The molecule has 0 atom stereocenters. The summed E-state index contributed by atoms with van der Waals surface area (Å²) in [4.78, 5) is 14.8. The van der Waals surface area contributed by atoms with Crippen molar-refractivity contribution in [2.75, 3.05) is 29.6 Å². The highest BCUT2D eigenvalue weighted by molar-refractivity contribution is 7.90. The number of rotatable bonds is 7. The van der Waals surface area contributed by atoms with Crippen LogP contribution in [0.1, 0.15) is 44.0 Å². The van der Waals surface area contributed by atoms with Crippen molar-refractivity contribution < 1.29 is 22.1 Å². The number of anilines is 3. The maximum absolute atomic E-state index is 14.5. The second kappa shape index (κ2) is 9.53. The van der Waals surface area contributed by atoms with Crippen molar-refractivity contribution in [3.8, 4) is 5.88 Å². The third-order valence-corrected chi connectivity index (χ3v) is 6.71. The summed E-state index contributed by atoms with van der Waals surface area (Å²) in [7, 11) is -3.50. The summed E-state index contributed by atoms with van der Waals surface area (Å²) in [5.41, 5.74) is 0.726. The Morgan fingerprint density at radius 2 is 1.97 bits per heavy atom. The summed E-state index contributed by atoms with van der Waals surface area (Å²) in [6.07, 6.45) is 3.80. The Balaban J connectivity index is 1.41. The molecule has 0 radical (unpaired) electrons. The Kier molecular flexibility index (Phi) is 6.69. The number of piperidine rings is 1. The van der Waals surface area contributed by atoms with Crippen LogP contribution in [0.5, 0.6) is 5.88 Å². The zero-order valence-electron chi connectivity index (χ0n) is 19.4. The van der Waals surface area contributed by atoms with Crippen molar-refractivity contribution in [2.45, 2.75) is 50.5 Å². The van der Waals surface area contributed by atoms with E-state index in [9.17, 15) is 12.8 Å². The molecule has 0 saturated carbocycles. The number of ether oxygens (including phenoxy) is 1. The van der Waals surface area contributed by atoms with E-state index in [2.05, 4.69) is 25.4 Å². The molecule has 2 aromatic heterocycles. The van der Waals surface area contributed by atoms with E-state index in [0.29, 0.717) is 42.2 Å². The second-order valence-electron chi connectivity index (χ2n) is 8.59. The number of benzene rings is 1. The summed E-state index contributed by atoms with van der Waals surface area (Å²) in [6, 6.07) is 4.21. The minimum absolute atomic E-state index is 0.0593. The molecule has 0 unspecified atom stereocenters. The van der Waals surface area contributed by atoms with E-state index in [4.69, 9.17) is 9.26 Å². The molecule has 1 aliphatic heterocycles. The molecule has 1 saturated heterocycles. The molecule has 1 N–H and O–H groups in total. The summed E-state index contributed by atoms with van der Waals surface area (Å²) in [5, 5.41) is 6.92. The Bertz CT molecular complexity index is 1270. The Hall–Kier alpha value is -3.28. The predicted molar refractivity (Wildman–Crippen MR) is 124 cm³/mol. The minimum atomic E-state index is -3.50. The van der Waals surface area contributed by atoms with Gasteiger partial charge in [-0.15, -0.1) is 0 Å².